The molecule has 1 aromatic rings. The van der Waals surface area contributed by atoms with Gasteiger partial charge < -0.3 is 9.84 Å². The predicted molar refractivity (Wildman–Crippen MR) is 54.7 cm³/mol. The third-order valence-electron chi connectivity index (χ3n) is 2.10. The Balaban J connectivity index is 1.91. The normalized spacial score (nSPS) is 28.7. The van der Waals surface area contributed by atoms with Gasteiger partial charge in [0.05, 0.1) is 0 Å². The fourth-order valence-electron chi connectivity index (χ4n) is 1.42. The first kappa shape index (κ1) is 8.84. The minimum absolute atomic E-state index is 0.430. The molecule has 3 nitrogen and oxygen atoms in total. The van der Waals surface area contributed by atoms with Gasteiger partial charge in [-0.3, -0.25) is 0 Å². The Morgan fingerprint density at radius 3 is 3.23 bits per heavy atom. The molecule has 2 heterocycles. The van der Waals surface area contributed by atoms with E-state index in [4.69, 9.17) is 4.52 Å². The summed E-state index contributed by atoms with van der Waals surface area (Å²) < 4.78 is 4.71. The molecule has 0 bridgehead atoms. The van der Waals surface area contributed by atoms with Crippen molar-refractivity contribution in [2.45, 2.75) is 17.7 Å². The van der Waals surface area contributed by atoms with E-state index in [0.29, 0.717) is 11.3 Å². The maximum atomic E-state index is 4.71. The molecule has 0 aromatic carbocycles. The predicted octanol–water partition coefficient (Wildman–Crippen LogP) is 1.35. The highest BCUT2D eigenvalue weighted by Gasteiger charge is 2.18. The van der Waals surface area contributed by atoms with Crippen LogP contribution in [0.4, 0.5) is 0 Å². The van der Waals surface area contributed by atoms with Gasteiger partial charge in [-0.05, 0) is 12.5 Å². The molecule has 0 amide bonds. The highest BCUT2D eigenvalue weighted by atomic mass is 32.1. The average molecular weight is 196 g/mol. The fraction of sp³-hybridized carbons (Fsp3) is 0.444. The van der Waals surface area contributed by atoms with E-state index in [9.17, 15) is 0 Å². The van der Waals surface area contributed by atoms with Crippen molar-refractivity contribution in [2.75, 3.05) is 6.54 Å². The molecule has 0 aliphatic carbocycles. The first-order valence-corrected chi connectivity index (χ1v) is 4.86. The minimum atomic E-state index is 0.430. The zero-order valence-corrected chi connectivity index (χ0v) is 8.08. The molecule has 1 N–H and O–H groups in total. The Bertz CT molecular complexity index is 284. The van der Waals surface area contributed by atoms with Crippen LogP contribution in [0.2, 0.25) is 0 Å². The summed E-state index contributed by atoms with van der Waals surface area (Å²) in [5, 5.41) is 7.61. The van der Waals surface area contributed by atoms with E-state index in [0.717, 1.165) is 18.7 Å². The third kappa shape index (κ3) is 2.35. The summed E-state index contributed by atoms with van der Waals surface area (Å²) in [6, 6.07) is 2.27. The van der Waals surface area contributed by atoms with Crippen molar-refractivity contribution >= 4 is 18.7 Å². The number of nitrogens with zero attached hydrogens (tertiary/aromatic N) is 1. The number of aromatic nitrogens is 1. The maximum Gasteiger partial charge on any atom is 0.124 e. The van der Waals surface area contributed by atoms with Crippen LogP contribution in [0.15, 0.2) is 22.9 Å². The first-order valence-electron chi connectivity index (χ1n) is 4.34. The Labute approximate surface area is 82.6 Å². The van der Waals surface area contributed by atoms with Gasteiger partial charge in [-0.25, -0.2) is 0 Å². The van der Waals surface area contributed by atoms with Gasteiger partial charge in [-0.15, -0.1) is 0 Å². The van der Waals surface area contributed by atoms with Crippen LogP contribution >= 0.6 is 12.6 Å². The van der Waals surface area contributed by atoms with Gasteiger partial charge in [0.25, 0.3) is 0 Å². The smallest absolute Gasteiger partial charge is 0.124 e. The van der Waals surface area contributed by atoms with Crippen LogP contribution in [0.25, 0.3) is 6.08 Å². The van der Waals surface area contributed by atoms with Gasteiger partial charge in [0, 0.05) is 23.9 Å². The summed E-state index contributed by atoms with van der Waals surface area (Å²) in [5.74, 6) is 0. The van der Waals surface area contributed by atoms with Crippen LogP contribution < -0.4 is 5.32 Å². The average Bonchev–Trinajstić information content (AvgIpc) is 2.71. The molecule has 1 aromatic heterocycles. The van der Waals surface area contributed by atoms with Crippen LogP contribution in [0, 0.1) is 0 Å². The van der Waals surface area contributed by atoms with E-state index >= 15 is 0 Å². The van der Waals surface area contributed by atoms with Crippen molar-refractivity contribution < 1.29 is 4.52 Å². The summed E-state index contributed by atoms with van der Waals surface area (Å²) in [6.07, 6.45) is 6.72. The van der Waals surface area contributed by atoms with Gasteiger partial charge in [-0.1, -0.05) is 11.2 Å². The Morgan fingerprint density at radius 2 is 2.62 bits per heavy atom. The molecule has 70 valence electrons. The van der Waals surface area contributed by atoms with E-state index in [2.05, 4.69) is 29.2 Å². The summed E-state index contributed by atoms with van der Waals surface area (Å²) in [6.45, 7) is 0.983. The van der Waals surface area contributed by atoms with Crippen LogP contribution in [0.5, 0.6) is 0 Å². The molecule has 1 saturated heterocycles. The molecule has 2 rings (SSSR count). The zero-order valence-electron chi connectivity index (χ0n) is 7.18. The highest BCUT2D eigenvalue weighted by Crippen LogP contribution is 2.13. The second-order valence-corrected chi connectivity index (χ2v) is 3.92. The topological polar surface area (TPSA) is 38.1 Å². The SMILES string of the molecule is SC1CNC(C=Cc2ccon2)C1. The standard InChI is InChI=1S/C9H12N2OS/c13-9-5-8(10-6-9)2-1-7-3-4-12-11-7/h1-4,8-10,13H,5-6H2. The fourth-order valence-corrected chi connectivity index (χ4v) is 1.75. The number of hydrogen-bond donors (Lipinski definition) is 2. The minimum Gasteiger partial charge on any atom is -0.364 e. The van der Waals surface area contributed by atoms with Gasteiger partial charge in [-0.2, -0.15) is 12.6 Å². The molecular formula is C9H12N2OS. The molecule has 13 heavy (non-hydrogen) atoms. The van der Waals surface area contributed by atoms with E-state index in [1.807, 2.05) is 12.1 Å². The van der Waals surface area contributed by atoms with E-state index in [1.54, 1.807) is 6.26 Å². The lowest BCUT2D eigenvalue weighted by Gasteiger charge is -2.00. The zero-order chi connectivity index (χ0) is 9.10. The summed E-state index contributed by atoms with van der Waals surface area (Å²) in [4.78, 5) is 0. The maximum absolute atomic E-state index is 4.71. The molecule has 1 aliphatic rings. The third-order valence-corrected chi connectivity index (χ3v) is 2.49. The van der Waals surface area contributed by atoms with Gasteiger partial charge in [0.15, 0.2) is 0 Å². The van der Waals surface area contributed by atoms with Crippen molar-refractivity contribution in [3.05, 3.63) is 24.1 Å². The molecule has 0 saturated carbocycles. The van der Waals surface area contributed by atoms with Gasteiger partial charge in [0.2, 0.25) is 0 Å². The molecule has 1 aliphatic heterocycles. The monoisotopic (exact) mass is 196 g/mol. The number of nitrogens with one attached hydrogen (secondary N) is 1. The summed E-state index contributed by atoms with van der Waals surface area (Å²) in [7, 11) is 0. The number of hydrogen-bond acceptors (Lipinski definition) is 4. The van der Waals surface area contributed by atoms with E-state index in [1.165, 1.54) is 0 Å². The van der Waals surface area contributed by atoms with Gasteiger partial charge >= 0.3 is 0 Å². The van der Waals surface area contributed by atoms with Gasteiger partial charge in [0.1, 0.15) is 12.0 Å². The second kappa shape index (κ2) is 3.98. The molecule has 2 unspecified atom stereocenters. The molecular weight excluding hydrogens is 184 g/mol. The largest absolute Gasteiger partial charge is 0.364 e. The molecule has 1 fully saturated rings. The van der Waals surface area contributed by atoms with Crippen molar-refractivity contribution in [3.63, 3.8) is 0 Å². The number of thiol groups is 1. The van der Waals surface area contributed by atoms with Crippen molar-refractivity contribution in [3.8, 4) is 0 Å². The van der Waals surface area contributed by atoms with Crippen molar-refractivity contribution in [1.29, 1.82) is 0 Å². The van der Waals surface area contributed by atoms with E-state index in [-0.39, 0.29) is 0 Å². The number of rotatable bonds is 2. The van der Waals surface area contributed by atoms with Crippen LogP contribution in [-0.4, -0.2) is 23.0 Å². The van der Waals surface area contributed by atoms with Crippen LogP contribution in [-0.2, 0) is 0 Å². The Morgan fingerprint density at radius 1 is 1.69 bits per heavy atom. The lowest BCUT2D eigenvalue weighted by atomic mass is 10.2. The van der Waals surface area contributed by atoms with Crippen molar-refractivity contribution in [1.82, 2.24) is 10.5 Å². The Kier molecular flexibility index (Phi) is 2.71. The summed E-state index contributed by atoms with van der Waals surface area (Å²) in [5.41, 5.74) is 0.865. The first-order chi connectivity index (χ1) is 6.34. The molecule has 0 radical (unpaired) electrons. The summed E-state index contributed by atoms with van der Waals surface area (Å²) >= 11 is 4.39. The van der Waals surface area contributed by atoms with E-state index < -0.39 is 0 Å². The quantitative estimate of drug-likeness (QED) is 0.701. The molecule has 4 heteroatoms. The highest BCUT2D eigenvalue weighted by molar-refractivity contribution is 7.81. The Hall–Kier alpha value is -0.740. The van der Waals surface area contributed by atoms with Crippen molar-refractivity contribution in [2.24, 2.45) is 0 Å². The second-order valence-electron chi connectivity index (χ2n) is 3.19. The lowest BCUT2D eigenvalue weighted by molar-refractivity contribution is 0.418. The molecule has 0 spiro atoms. The lowest BCUT2D eigenvalue weighted by Crippen LogP contribution is -2.18. The van der Waals surface area contributed by atoms with Crippen LogP contribution in [0.3, 0.4) is 0 Å². The van der Waals surface area contributed by atoms with Crippen LogP contribution in [0.1, 0.15) is 12.1 Å². The molecule has 2 atom stereocenters.